The SMILES string of the molecule is Cc1ncc(CO)c(C2CCCN(S(=O)(=O)c3ccc4c(c3)CCCC4)C2)n1. The van der Waals surface area contributed by atoms with E-state index < -0.39 is 10.0 Å². The molecular weight excluding hydrogens is 374 g/mol. The summed E-state index contributed by atoms with van der Waals surface area (Å²) in [5.41, 5.74) is 3.92. The molecule has 150 valence electrons. The Bertz CT molecular complexity index is 975. The Morgan fingerprint density at radius 2 is 1.96 bits per heavy atom. The fourth-order valence-electron chi connectivity index (χ4n) is 4.39. The van der Waals surface area contributed by atoms with Gasteiger partial charge in [0.2, 0.25) is 10.0 Å². The Labute approximate surface area is 166 Å². The van der Waals surface area contributed by atoms with Gasteiger partial charge in [0.1, 0.15) is 5.82 Å². The number of aryl methyl sites for hydroxylation is 3. The zero-order valence-electron chi connectivity index (χ0n) is 16.3. The monoisotopic (exact) mass is 401 g/mol. The van der Waals surface area contributed by atoms with Crippen molar-refractivity contribution < 1.29 is 13.5 Å². The highest BCUT2D eigenvalue weighted by Crippen LogP contribution is 2.32. The number of aromatic nitrogens is 2. The summed E-state index contributed by atoms with van der Waals surface area (Å²) < 4.78 is 28.2. The van der Waals surface area contributed by atoms with Gasteiger partial charge in [0, 0.05) is 30.8 Å². The number of fused-ring (bicyclic) bond motifs is 1. The van der Waals surface area contributed by atoms with Crippen LogP contribution < -0.4 is 0 Å². The van der Waals surface area contributed by atoms with E-state index >= 15 is 0 Å². The number of sulfonamides is 1. The molecule has 7 heteroatoms. The van der Waals surface area contributed by atoms with Crippen molar-refractivity contribution in [1.82, 2.24) is 14.3 Å². The second-order valence-corrected chi connectivity index (χ2v) is 9.76. The number of piperidine rings is 1. The van der Waals surface area contributed by atoms with Gasteiger partial charge in [-0.3, -0.25) is 0 Å². The zero-order chi connectivity index (χ0) is 19.7. The second kappa shape index (κ2) is 7.89. The van der Waals surface area contributed by atoms with Crippen LogP contribution in [0.3, 0.4) is 0 Å². The lowest BCUT2D eigenvalue weighted by Crippen LogP contribution is -2.39. The Kier molecular flexibility index (Phi) is 5.49. The van der Waals surface area contributed by atoms with Gasteiger partial charge < -0.3 is 5.11 Å². The fraction of sp³-hybridized carbons (Fsp3) is 0.524. The first-order chi connectivity index (χ1) is 13.5. The number of benzene rings is 1. The van der Waals surface area contributed by atoms with Gasteiger partial charge >= 0.3 is 0 Å². The van der Waals surface area contributed by atoms with E-state index in [2.05, 4.69) is 9.97 Å². The van der Waals surface area contributed by atoms with Crippen molar-refractivity contribution in [1.29, 1.82) is 0 Å². The summed E-state index contributed by atoms with van der Waals surface area (Å²) in [6, 6.07) is 5.62. The lowest BCUT2D eigenvalue weighted by molar-refractivity contribution is 0.272. The summed E-state index contributed by atoms with van der Waals surface area (Å²) in [5.74, 6) is 0.617. The average Bonchev–Trinajstić information content (AvgIpc) is 2.73. The van der Waals surface area contributed by atoms with Gasteiger partial charge in [-0.15, -0.1) is 0 Å². The molecule has 1 N–H and O–H groups in total. The van der Waals surface area contributed by atoms with Gasteiger partial charge in [-0.05, 0) is 68.7 Å². The average molecular weight is 402 g/mol. The first-order valence-electron chi connectivity index (χ1n) is 10.0. The number of aliphatic hydroxyl groups is 1. The van der Waals surface area contributed by atoms with Crippen LogP contribution in [0, 0.1) is 6.92 Å². The van der Waals surface area contributed by atoms with E-state index in [-0.39, 0.29) is 12.5 Å². The largest absolute Gasteiger partial charge is 0.392 e. The van der Waals surface area contributed by atoms with Crippen molar-refractivity contribution in [2.45, 2.75) is 62.9 Å². The minimum Gasteiger partial charge on any atom is -0.392 e. The van der Waals surface area contributed by atoms with Crippen molar-refractivity contribution in [3.8, 4) is 0 Å². The molecule has 4 rings (SSSR count). The van der Waals surface area contributed by atoms with E-state index in [4.69, 9.17) is 0 Å². The summed E-state index contributed by atoms with van der Waals surface area (Å²) in [5, 5.41) is 9.64. The Balaban J connectivity index is 1.61. The predicted octanol–water partition coefficient (Wildman–Crippen LogP) is 2.72. The van der Waals surface area contributed by atoms with Crippen LogP contribution in [-0.4, -0.2) is 40.9 Å². The molecule has 1 saturated heterocycles. The molecule has 0 radical (unpaired) electrons. The quantitative estimate of drug-likeness (QED) is 0.852. The van der Waals surface area contributed by atoms with Gasteiger partial charge in [0.15, 0.2) is 0 Å². The summed E-state index contributed by atoms with van der Waals surface area (Å²) in [4.78, 5) is 9.08. The van der Waals surface area contributed by atoms with Crippen molar-refractivity contribution in [2.24, 2.45) is 0 Å². The molecule has 1 aromatic carbocycles. The van der Waals surface area contributed by atoms with Crippen molar-refractivity contribution >= 4 is 10.0 Å². The molecule has 1 aliphatic carbocycles. The summed E-state index contributed by atoms with van der Waals surface area (Å²) >= 11 is 0. The molecule has 1 aromatic heterocycles. The van der Waals surface area contributed by atoms with Gasteiger partial charge in [-0.2, -0.15) is 4.31 Å². The Morgan fingerprint density at radius 3 is 2.75 bits per heavy atom. The highest BCUT2D eigenvalue weighted by molar-refractivity contribution is 7.89. The first kappa shape index (κ1) is 19.5. The highest BCUT2D eigenvalue weighted by Gasteiger charge is 2.33. The smallest absolute Gasteiger partial charge is 0.243 e. The molecule has 2 aromatic rings. The van der Waals surface area contributed by atoms with Crippen LogP contribution in [0.4, 0.5) is 0 Å². The fourth-order valence-corrected chi connectivity index (χ4v) is 5.97. The number of aliphatic hydroxyl groups excluding tert-OH is 1. The highest BCUT2D eigenvalue weighted by atomic mass is 32.2. The van der Waals surface area contributed by atoms with Gasteiger partial charge in [-0.1, -0.05) is 6.07 Å². The van der Waals surface area contributed by atoms with E-state index in [1.54, 1.807) is 16.6 Å². The minimum atomic E-state index is -3.54. The molecule has 1 aliphatic heterocycles. The predicted molar refractivity (Wildman–Crippen MR) is 107 cm³/mol. The third-order valence-electron chi connectivity index (χ3n) is 5.92. The standard InChI is InChI=1S/C21H27N3O3S/c1-15-22-12-19(14-25)21(23-15)18-7-4-10-24(13-18)28(26,27)20-9-8-16-5-2-3-6-17(16)11-20/h8-9,11-12,18,25H,2-7,10,13-14H2,1H3. The van der Waals surface area contributed by atoms with Crippen molar-refractivity contribution in [3.63, 3.8) is 0 Å². The van der Waals surface area contributed by atoms with Gasteiger partial charge in [0.25, 0.3) is 0 Å². The third-order valence-corrected chi connectivity index (χ3v) is 7.78. The van der Waals surface area contributed by atoms with Gasteiger partial charge in [0.05, 0.1) is 17.2 Å². The maximum absolute atomic E-state index is 13.3. The van der Waals surface area contributed by atoms with Crippen LogP contribution >= 0.6 is 0 Å². The first-order valence-corrected chi connectivity index (χ1v) is 11.5. The van der Waals surface area contributed by atoms with Gasteiger partial charge in [-0.25, -0.2) is 18.4 Å². The maximum atomic E-state index is 13.3. The molecule has 2 aliphatic rings. The molecular formula is C21H27N3O3S. The number of rotatable bonds is 4. The van der Waals surface area contributed by atoms with E-state index in [0.717, 1.165) is 37.8 Å². The second-order valence-electron chi connectivity index (χ2n) is 7.83. The van der Waals surface area contributed by atoms with Crippen LogP contribution in [0.25, 0.3) is 0 Å². The van der Waals surface area contributed by atoms with E-state index in [1.165, 1.54) is 17.5 Å². The summed E-state index contributed by atoms with van der Waals surface area (Å²) in [7, 11) is -3.54. The molecule has 1 unspecified atom stereocenters. The Hall–Kier alpha value is -1.83. The maximum Gasteiger partial charge on any atom is 0.243 e. The number of nitrogens with zero attached hydrogens (tertiary/aromatic N) is 3. The lowest BCUT2D eigenvalue weighted by atomic mass is 9.92. The molecule has 0 spiro atoms. The van der Waals surface area contributed by atoms with E-state index in [9.17, 15) is 13.5 Å². The van der Waals surface area contributed by atoms with Crippen molar-refractivity contribution in [3.05, 3.63) is 52.6 Å². The number of hydrogen-bond acceptors (Lipinski definition) is 5. The summed E-state index contributed by atoms with van der Waals surface area (Å²) in [6.45, 7) is 2.59. The minimum absolute atomic E-state index is 0.0231. The molecule has 0 amide bonds. The Morgan fingerprint density at radius 1 is 1.18 bits per heavy atom. The molecule has 28 heavy (non-hydrogen) atoms. The molecule has 0 bridgehead atoms. The molecule has 2 heterocycles. The number of hydrogen-bond donors (Lipinski definition) is 1. The van der Waals surface area contributed by atoms with Crippen LogP contribution in [0.2, 0.25) is 0 Å². The van der Waals surface area contributed by atoms with Crippen LogP contribution in [-0.2, 0) is 29.5 Å². The molecule has 0 saturated carbocycles. The van der Waals surface area contributed by atoms with E-state index in [0.29, 0.717) is 29.4 Å². The van der Waals surface area contributed by atoms with E-state index in [1.807, 2.05) is 19.1 Å². The topological polar surface area (TPSA) is 83.4 Å². The zero-order valence-corrected chi connectivity index (χ0v) is 17.1. The van der Waals surface area contributed by atoms with Crippen LogP contribution in [0.15, 0.2) is 29.3 Å². The normalized spacial score (nSPS) is 20.7. The third kappa shape index (κ3) is 3.71. The van der Waals surface area contributed by atoms with Crippen molar-refractivity contribution in [2.75, 3.05) is 13.1 Å². The van der Waals surface area contributed by atoms with Crippen LogP contribution in [0.1, 0.15) is 59.8 Å². The summed E-state index contributed by atoms with van der Waals surface area (Å²) in [6.07, 6.45) is 7.59. The molecule has 1 atom stereocenters. The molecule has 6 nitrogen and oxygen atoms in total. The molecule has 1 fully saturated rings. The van der Waals surface area contributed by atoms with Crippen LogP contribution in [0.5, 0.6) is 0 Å². The lowest BCUT2D eigenvalue weighted by Gasteiger charge is -2.32.